The van der Waals surface area contributed by atoms with Gasteiger partial charge in [-0.25, -0.2) is 8.42 Å². The maximum atomic E-state index is 14.3. The lowest BCUT2D eigenvalue weighted by Crippen LogP contribution is -2.03. The standard InChI is InChI=1S/C24H10Br4O2S3/c25-11-1-3-15-17(5-11)31-19-7-13(27)9-21(23(15)19)33(29,30)22-10-14(28)8-20-24(22)16-4-2-12(26)6-18(16)32-20/h1-10H. The Balaban J connectivity index is 1.75. The predicted octanol–water partition coefficient (Wildman–Crippen LogP) is 10.3. The highest BCUT2D eigenvalue weighted by Gasteiger charge is 2.27. The van der Waals surface area contributed by atoms with Gasteiger partial charge in [0.1, 0.15) is 0 Å². The molecule has 0 aliphatic carbocycles. The van der Waals surface area contributed by atoms with Crippen LogP contribution >= 0.6 is 86.4 Å². The molecule has 6 aromatic rings. The molecule has 0 bridgehead atoms. The van der Waals surface area contributed by atoms with Crippen molar-refractivity contribution >= 4 is 137 Å². The number of sulfone groups is 1. The van der Waals surface area contributed by atoms with E-state index in [1.54, 1.807) is 34.8 Å². The summed E-state index contributed by atoms with van der Waals surface area (Å²) < 4.78 is 36.0. The van der Waals surface area contributed by atoms with Crippen molar-refractivity contribution in [3.8, 4) is 0 Å². The Bertz CT molecular complexity index is 1750. The molecule has 0 spiro atoms. The zero-order valence-electron chi connectivity index (χ0n) is 16.3. The molecule has 2 heterocycles. The summed E-state index contributed by atoms with van der Waals surface area (Å²) in [5.41, 5.74) is 0. The van der Waals surface area contributed by atoms with Crippen LogP contribution in [0.15, 0.2) is 88.3 Å². The first-order valence-corrected chi connectivity index (χ1v) is 15.9. The zero-order valence-corrected chi connectivity index (χ0v) is 25.1. The summed E-state index contributed by atoms with van der Waals surface area (Å²) in [7, 11) is -3.85. The van der Waals surface area contributed by atoms with Gasteiger partial charge in [-0.1, -0.05) is 75.9 Å². The van der Waals surface area contributed by atoms with Crippen molar-refractivity contribution in [3.63, 3.8) is 0 Å². The highest BCUT2D eigenvalue weighted by Crippen LogP contribution is 2.46. The summed E-state index contributed by atoms with van der Waals surface area (Å²) in [6.07, 6.45) is 0. The molecule has 4 aromatic carbocycles. The quantitative estimate of drug-likeness (QED) is 0.177. The van der Waals surface area contributed by atoms with E-state index in [1.165, 1.54) is 0 Å². The second-order valence-corrected chi connectivity index (χ2v) is 15.3. The van der Waals surface area contributed by atoms with E-state index in [9.17, 15) is 8.42 Å². The van der Waals surface area contributed by atoms with Gasteiger partial charge in [0.2, 0.25) is 9.84 Å². The molecule has 2 nitrogen and oxygen atoms in total. The number of rotatable bonds is 2. The van der Waals surface area contributed by atoms with Crippen LogP contribution in [0.25, 0.3) is 40.3 Å². The van der Waals surface area contributed by atoms with E-state index >= 15 is 0 Å². The molecule has 2 aromatic heterocycles. The second-order valence-electron chi connectivity index (χ2n) is 7.54. The maximum absolute atomic E-state index is 14.3. The topological polar surface area (TPSA) is 34.1 Å². The van der Waals surface area contributed by atoms with Crippen molar-refractivity contribution < 1.29 is 8.42 Å². The van der Waals surface area contributed by atoms with Crippen molar-refractivity contribution in [2.45, 2.75) is 9.79 Å². The van der Waals surface area contributed by atoms with Gasteiger partial charge in [0.05, 0.1) is 9.79 Å². The minimum Gasteiger partial charge on any atom is -0.218 e. The fraction of sp³-hybridized carbons (Fsp3) is 0. The molecule has 0 N–H and O–H groups in total. The summed E-state index contributed by atoms with van der Waals surface area (Å²) in [4.78, 5) is 0.632. The number of hydrogen-bond donors (Lipinski definition) is 0. The van der Waals surface area contributed by atoms with Gasteiger partial charge < -0.3 is 0 Å². The molecular weight excluding hydrogens is 736 g/mol. The van der Waals surface area contributed by atoms with Crippen LogP contribution in [0.3, 0.4) is 0 Å². The predicted molar refractivity (Wildman–Crippen MR) is 155 cm³/mol. The van der Waals surface area contributed by atoms with Crippen LogP contribution in [0.5, 0.6) is 0 Å². The first kappa shape index (κ1) is 22.6. The van der Waals surface area contributed by atoms with Crippen LogP contribution in [-0.4, -0.2) is 8.42 Å². The number of halogens is 4. The molecule has 0 fully saturated rings. The van der Waals surface area contributed by atoms with Gasteiger partial charge in [0, 0.05) is 58.2 Å². The average molecular weight is 746 g/mol. The fourth-order valence-electron chi connectivity index (χ4n) is 4.16. The lowest BCUT2D eigenvalue weighted by atomic mass is 10.1. The molecule has 0 saturated heterocycles. The Morgan fingerprint density at radius 2 is 0.909 bits per heavy atom. The zero-order chi connectivity index (χ0) is 23.1. The van der Waals surface area contributed by atoms with Crippen molar-refractivity contribution in [1.29, 1.82) is 0 Å². The van der Waals surface area contributed by atoms with Crippen LogP contribution in [0, 0.1) is 0 Å². The molecule has 0 unspecified atom stereocenters. The van der Waals surface area contributed by atoms with E-state index in [2.05, 4.69) is 63.7 Å². The maximum Gasteiger partial charge on any atom is 0.208 e. The molecular formula is C24H10Br4O2S3. The van der Waals surface area contributed by atoms with Crippen LogP contribution in [0.1, 0.15) is 0 Å². The van der Waals surface area contributed by atoms with E-state index in [-0.39, 0.29) is 0 Å². The summed E-state index contributed by atoms with van der Waals surface area (Å²) in [6.45, 7) is 0. The molecule has 0 amide bonds. The third-order valence-corrected chi connectivity index (χ3v) is 11.4. The molecule has 33 heavy (non-hydrogen) atoms. The van der Waals surface area contributed by atoms with E-state index in [0.29, 0.717) is 9.79 Å². The Labute approximate surface area is 231 Å². The summed E-state index contributed by atoms with van der Waals surface area (Å²) >= 11 is 17.3. The van der Waals surface area contributed by atoms with Gasteiger partial charge in [-0.2, -0.15) is 0 Å². The van der Waals surface area contributed by atoms with Gasteiger partial charge >= 0.3 is 0 Å². The normalized spacial score (nSPS) is 12.5. The monoisotopic (exact) mass is 742 g/mol. The molecule has 0 aliphatic heterocycles. The lowest BCUT2D eigenvalue weighted by Gasteiger charge is -2.10. The van der Waals surface area contributed by atoms with Gasteiger partial charge in [0.25, 0.3) is 0 Å². The second kappa shape index (κ2) is 8.11. The van der Waals surface area contributed by atoms with Gasteiger partial charge in [-0.15, -0.1) is 22.7 Å². The third kappa shape index (κ3) is 3.66. The Kier molecular flexibility index (Phi) is 5.57. The number of thiophene rings is 2. The molecule has 0 aliphatic rings. The largest absolute Gasteiger partial charge is 0.218 e. The van der Waals surface area contributed by atoms with E-state index in [1.807, 2.05) is 48.5 Å². The average Bonchev–Trinajstić information content (AvgIpc) is 3.28. The molecule has 0 saturated carbocycles. The highest BCUT2D eigenvalue weighted by atomic mass is 79.9. The lowest BCUT2D eigenvalue weighted by molar-refractivity contribution is 0.598. The first-order valence-electron chi connectivity index (χ1n) is 9.60. The fourth-order valence-corrected chi connectivity index (χ4v) is 11.0. The van der Waals surface area contributed by atoms with Crippen LogP contribution in [0.2, 0.25) is 0 Å². The van der Waals surface area contributed by atoms with E-state index < -0.39 is 9.84 Å². The third-order valence-electron chi connectivity index (χ3n) is 5.51. The van der Waals surface area contributed by atoms with Crippen LogP contribution < -0.4 is 0 Å². The van der Waals surface area contributed by atoms with Crippen molar-refractivity contribution in [1.82, 2.24) is 0 Å². The molecule has 6 rings (SSSR count). The Morgan fingerprint density at radius 1 is 0.515 bits per heavy atom. The van der Waals surface area contributed by atoms with E-state index in [0.717, 1.165) is 58.2 Å². The van der Waals surface area contributed by atoms with Gasteiger partial charge in [0.15, 0.2) is 0 Å². The molecule has 9 heteroatoms. The van der Waals surface area contributed by atoms with Gasteiger partial charge in [-0.05, 0) is 48.5 Å². The van der Waals surface area contributed by atoms with Crippen molar-refractivity contribution in [2.75, 3.05) is 0 Å². The smallest absolute Gasteiger partial charge is 0.208 e. The molecule has 0 radical (unpaired) electrons. The number of hydrogen-bond acceptors (Lipinski definition) is 4. The van der Waals surface area contributed by atoms with Crippen molar-refractivity contribution in [2.24, 2.45) is 0 Å². The van der Waals surface area contributed by atoms with Gasteiger partial charge in [-0.3, -0.25) is 0 Å². The van der Waals surface area contributed by atoms with Crippen LogP contribution in [-0.2, 0) is 9.84 Å². The van der Waals surface area contributed by atoms with Crippen LogP contribution in [0.4, 0.5) is 0 Å². The summed E-state index contributed by atoms with van der Waals surface area (Å²) in [5, 5.41) is 3.41. The number of benzene rings is 4. The SMILES string of the molecule is O=S(=O)(c1cc(Br)cc2sc3cc(Br)ccc3c12)c1cc(Br)cc2sc3cc(Br)ccc3c12. The number of fused-ring (bicyclic) bond motifs is 6. The van der Waals surface area contributed by atoms with Crippen molar-refractivity contribution in [3.05, 3.63) is 78.6 Å². The minimum absolute atomic E-state index is 0.316. The minimum atomic E-state index is -3.85. The highest BCUT2D eigenvalue weighted by molar-refractivity contribution is 9.11. The van der Waals surface area contributed by atoms with E-state index in [4.69, 9.17) is 0 Å². The molecule has 164 valence electrons. The molecule has 0 atom stereocenters. The summed E-state index contributed by atoms with van der Waals surface area (Å²) in [5.74, 6) is 0. The summed E-state index contributed by atoms with van der Waals surface area (Å²) in [6, 6.07) is 19.4. The Morgan fingerprint density at radius 3 is 1.33 bits per heavy atom. The Hall–Kier alpha value is -0.810. The first-order chi connectivity index (χ1) is 15.7.